The molecule has 42 heavy (non-hydrogen) atoms. The number of benzene rings is 2. The van der Waals surface area contributed by atoms with Gasteiger partial charge < -0.3 is 35.7 Å². The van der Waals surface area contributed by atoms with Gasteiger partial charge in [0.25, 0.3) is 5.91 Å². The number of piperidine rings is 1. The number of carbonyl (C=O) groups is 2. The highest BCUT2D eigenvalue weighted by atomic mass is 79.9. The van der Waals surface area contributed by atoms with Crippen LogP contribution in [0.1, 0.15) is 34.6 Å². The van der Waals surface area contributed by atoms with Crippen molar-refractivity contribution >= 4 is 44.7 Å². The number of ether oxygens (including phenoxy) is 1. The first-order valence-corrected chi connectivity index (χ1v) is 14.3. The number of nitrogens with two attached hydrogens (primary N) is 1. The Bertz CT molecular complexity index is 1540. The Morgan fingerprint density at radius 2 is 2.07 bits per heavy atom. The minimum atomic E-state index is -1.13. The minimum absolute atomic E-state index is 0.00525. The summed E-state index contributed by atoms with van der Waals surface area (Å²) in [5, 5.41) is 13.4. The van der Waals surface area contributed by atoms with Crippen molar-refractivity contribution in [1.82, 2.24) is 25.1 Å². The van der Waals surface area contributed by atoms with E-state index >= 15 is 0 Å². The Morgan fingerprint density at radius 1 is 1.31 bits per heavy atom. The van der Waals surface area contributed by atoms with Gasteiger partial charge in [-0.3, -0.25) is 9.59 Å². The fraction of sp³-hybridized carbons (Fsp3) is 0.345. The van der Waals surface area contributed by atoms with E-state index in [9.17, 15) is 23.5 Å². The van der Waals surface area contributed by atoms with Crippen LogP contribution in [0.15, 0.2) is 46.7 Å². The molecule has 5 N–H and O–H groups in total. The van der Waals surface area contributed by atoms with Crippen LogP contribution in [-0.2, 0) is 11.3 Å². The smallest absolute Gasteiger partial charge is 0.254 e. The Labute approximate surface area is 249 Å². The molecule has 0 bridgehead atoms. The molecular formula is C29H31BrF2N6O4. The Balaban J connectivity index is 1.31. The summed E-state index contributed by atoms with van der Waals surface area (Å²) in [6.07, 6.45) is 4.03. The second-order valence-corrected chi connectivity index (χ2v) is 11.3. The normalized spacial score (nSPS) is 17.5. The van der Waals surface area contributed by atoms with Gasteiger partial charge in [0.15, 0.2) is 17.9 Å². The lowest BCUT2D eigenvalue weighted by Gasteiger charge is -2.34. The number of allylic oxidation sites excluding steroid dienone is 2. The highest BCUT2D eigenvalue weighted by Crippen LogP contribution is 2.32. The molecule has 1 saturated heterocycles. The average molecular weight is 646 g/mol. The highest BCUT2D eigenvalue weighted by molar-refractivity contribution is 9.10. The Hall–Kier alpha value is -3.81. The van der Waals surface area contributed by atoms with Crippen molar-refractivity contribution in [3.8, 4) is 5.75 Å². The number of rotatable bonds is 10. The van der Waals surface area contributed by atoms with Crippen LogP contribution >= 0.6 is 15.9 Å². The number of aromatic nitrogens is 2. The number of carbonyl (C=O) groups excluding carboxylic acids is 2. The molecule has 0 saturated carbocycles. The van der Waals surface area contributed by atoms with Crippen molar-refractivity contribution in [2.75, 3.05) is 33.3 Å². The molecule has 2 aromatic carbocycles. The highest BCUT2D eigenvalue weighted by Gasteiger charge is 2.34. The minimum Gasteiger partial charge on any atom is -0.487 e. The van der Waals surface area contributed by atoms with Gasteiger partial charge in [-0.15, -0.1) is 0 Å². The van der Waals surface area contributed by atoms with Gasteiger partial charge in [-0.2, -0.15) is 0 Å². The van der Waals surface area contributed by atoms with E-state index in [2.05, 4.69) is 43.2 Å². The monoisotopic (exact) mass is 644 g/mol. The average Bonchev–Trinajstić information content (AvgIpc) is 3.50. The second kappa shape index (κ2) is 12.6. The lowest BCUT2D eigenvalue weighted by molar-refractivity contribution is -0.103. The third-order valence-electron chi connectivity index (χ3n) is 7.50. The number of H-pyrrole nitrogens is 1. The zero-order valence-corrected chi connectivity index (χ0v) is 24.5. The maximum Gasteiger partial charge on any atom is 0.254 e. The van der Waals surface area contributed by atoms with Crippen LogP contribution in [0.5, 0.6) is 5.75 Å². The number of nitrogens with one attached hydrogen (secondary N) is 2. The number of nitrogens with zero attached hydrogens (tertiary/aromatic N) is 3. The number of imidazole rings is 1. The number of aromatic amines is 1. The van der Waals surface area contributed by atoms with E-state index in [1.54, 1.807) is 6.07 Å². The molecule has 0 unspecified atom stereocenters. The predicted octanol–water partition coefficient (Wildman–Crippen LogP) is 3.07. The molecule has 1 atom stereocenters. The Morgan fingerprint density at radius 3 is 2.76 bits per heavy atom. The molecule has 0 aliphatic carbocycles. The molecule has 1 aromatic heterocycles. The maximum atomic E-state index is 14.0. The summed E-state index contributed by atoms with van der Waals surface area (Å²) in [6, 6.07) is 5.59. The van der Waals surface area contributed by atoms with Crippen LogP contribution in [0.4, 0.5) is 8.78 Å². The standard InChI is InChI=1S/C29H31BrF2N6O4/c1-37-6-3-18(4-7-37)38-13-16-8-25-26(11-20(16)29(38)41)36-28(35-25)21(14-39)24(2-5-33)34-12-19(40)15-42-27-22(30)9-17(31)10-23(27)32/h2,5,8-11,14,18-19,34,40H,3-4,6-7,12-13,15,33H2,1H3,(H,35,36)/b5-2-,24-21-/t19-/m1/s1. The number of amides is 1. The first-order valence-electron chi connectivity index (χ1n) is 13.5. The molecule has 2 aliphatic heterocycles. The molecule has 13 heteroatoms. The molecule has 3 heterocycles. The van der Waals surface area contributed by atoms with E-state index in [4.69, 9.17) is 10.5 Å². The predicted molar refractivity (Wildman–Crippen MR) is 156 cm³/mol. The van der Waals surface area contributed by atoms with Crippen molar-refractivity contribution < 1.29 is 28.2 Å². The summed E-state index contributed by atoms with van der Waals surface area (Å²) in [7, 11) is 2.09. The molecule has 0 spiro atoms. The molecule has 1 fully saturated rings. The molecule has 3 aromatic rings. The van der Waals surface area contributed by atoms with Gasteiger partial charge in [0, 0.05) is 36.5 Å². The van der Waals surface area contributed by atoms with Crippen LogP contribution in [0.2, 0.25) is 0 Å². The number of hydrogen-bond donors (Lipinski definition) is 4. The molecule has 0 radical (unpaired) electrons. The number of likely N-dealkylation sites (tertiary alicyclic amines) is 1. The number of aliphatic hydroxyl groups excluding tert-OH is 1. The van der Waals surface area contributed by atoms with Gasteiger partial charge in [0.2, 0.25) is 0 Å². The maximum absolute atomic E-state index is 14.0. The number of fused-ring (bicyclic) bond motifs is 2. The van der Waals surface area contributed by atoms with Gasteiger partial charge in [0.05, 0.1) is 21.1 Å². The zero-order chi connectivity index (χ0) is 30.0. The van der Waals surface area contributed by atoms with Gasteiger partial charge >= 0.3 is 0 Å². The van der Waals surface area contributed by atoms with E-state index in [1.165, 1.54) is 12.3 Å². The van der Waals surface area contributed by atoms with Crippen LogP contribution < -0.4 is 15.8 Å². The molecule has 1 amide bonds. The van der Waals surface area contributed by atoms with Crippen molar-refractivity contribution in [2.45, 2.75) is 31.5 Å². The Kier molecular flexibility index (Phi) is 8.90. The third-order valence-corrected chi connectivity index (χ3v) is 8.09. The summed E-state index contributed by atoms with van der Waals surface area (Å²) in [4.78, 5) is 37.4. The summed E-state index contributed by atoms with van der Waals surface area (Å²) in [6.45, 7) is 2.04. The fourth-order valence-electron chi connectivity index (χ4n) is 5.29. The number of hydrogen-bond acceptors (Lipinski definition) is 8. The molecular weight excluding hydrogens is 614 g/mol. The largest absolute Gasteiger partial charge is 0.487 e. The van der Waals surface area contributed by atoms with Crippen molar-refractivity contribution in [3.05, 3.63) is 75.3 Å². The summed E-state index contributed by atoms with van der Waals surface area (Å²) >= 11 is 3.04. The van der Waals surface area contributed by atoms with E-state index in [1.807, 2.05) is 11.0 Å². The van der Waals surface area contributed by atoms with E-state index in [0.717, 1.165) is 37.6 Å². The lowest BCUT2D eigenvalue weighted by atomic mass is 10.0. The summed E-state index contributed by atoms with van der Waals surface area (Å²) < 4.78 is 32.7. The second-order valence-electron chi connectivity index (χ2n) is 10.4. The SMILES string of the molecule is CN1CCC(N2Cc3cc4[nH]c(/C(C=O)=C(/C=C\N)NC[C@@H](O)COc5c(F)cc(F)cc5Br)nc4cc3C2=O)CC1. The van der Waals surface area contributed by atoms with Gasteiger partial charge in [-0.05, 0) is 84.9 Å². The van der Waals surface area contributed by atoms with Gasteiger partial charge in [0.1, 0.15) is 24.4 Å². The summed E-state index contributed by atoms with van der Waals surface area (Å²) in [5.41, 5.74) is 8.78. The van der Waals surface area contributed by atoms with Gasteiger partial charge in [-0.1, -0.05) is 0 Å². The first-order chi connectivity index (χ1) is 20.2. The van der Waals surface area contributed by atoms with E-state index in [-0.39, 0.29) is 52.4 Å². The molecule has 5 rings (SSSR count). The fourth-order valence-corrected chi connectivity index (χ4v) is 5.81. The van der Waals surface area contributed by atoms with Gasteiger partial charge in [-0.25, -0.2) is 13.8 Å². The summed E-state index contributed by atoms with van der Waals surface area (Å²) in [5.74, 6) is -1.66. The van der Waals surface area contributed by atoms with E-state index in [0.29, 0.717) is 35.5 Å². The quantitative estimate of drug-likeness (QED) is 0.150. The lowest BCUT2D eigenvalue weighted by Crippen LogP contribution is -2.43. The van der Waals surface area contributed by atoms with E-state index < -0.39 is 17.7 Å². The number of halogens is 3. The van der Waals surface area contributed by atoms with Crippen LogP contribution in [0.25, 0.3) is 16.6 Å². The van der Waals surface area contributed by atoms with Crippen molar-refractivity contribution in [1.29, 1.82) is 0 Å². The van der Waals surface area contributed by atoms with Crippen molar-refractivity contribution in [3.63, 3.8) is 0 Å². The molecule has 2 aliphatic rings. The number of aldehydes is 1. The van der Waals surface area contributed by atoms with Crippen LogP contribution in [0.3, 0.4) is 0 Å². The zero-order valence-electron chi connectivity index (χ0n) is 22.9. The topological polar surface area (TPSA) is 137 Å². The first kappa shape index (κ1) is 29.7. The molecule has 10 nitrogen and oxygen atoms in total. The van der Waals surface area contributed by atoms with Crippen LogP contribution in [0, 0.1) is 11.6 Å². The number of aliphatic hydroxyl groups is 1. The third kappa shape index (κ3) is 6.18. The van der Waals surface area contributed by atoms with Crippen molar-refractivity contribution in [2.24, 2.45) is 5.73 Å². The van der Waals surface area contributed by atoms with Crippen LogP contribution in [-0.4, -0.2) is 82.5 Å². The molecule has 222 valence electrons.